The van der Waals surface area contributed by atoms with E-state index in [1.165, 1.54) is 55.3 Å². The van der Waals surface area contributed by atoms with E-state index in [0.29, 0.717) is 0 Å². The van der Waals surface area contributed by atoms with Gasteiger partial charge in [0, 0.05) is 23.2 Å². The summed E-state index contributed by atoms with van der Waals surface area (Å²) < 4.78 is 2.20. The first-order valence-electron chi connectivity index (χ1n) is 12.0. The van der Waals surface area contributed by atoms with E-state index in [-0.39, 0.29) is 0 Å². The molecule has 2 aliphatic rings. The van der Waals surface area contributed by atoms with E-state index in [4.69, 9.17) is 9.97 Å². The summed E-state index contributed by atoms with van der Waals surface area (Å²) in [4.78, 5) is 14.3. The lowest BCUT2D eigenvalue weighted by Crippen LogP contribution is -1.96. The van der Waals surface area contributed by atoms with Crippen LogP contribution in [0.5, 0.6) is 0 Å². The molecule has 9 rings (SSSR count). The molecule has 4 heterocycles. The Hall–Kier alpha value is -4.57. The summed E-state index contributed by atoms with van der Waals surface area (Å²) in [6.07, 6.45) is 7.56. The van der Waals surface area contributed by atoms with Gasteiger partial charge in [-0.3, -0.25) is 9.38 Å². The topological polar surface area (TPSA) is 43.1 Å². The third-order valence-electron chi connectivity index (χ3n) is 8.00. The maximum atomic E-state index is 5.13. The number of pyridine rings is 3. The normalized spacial score (nSPS) is 13.5. The molecular weight excluding hydrogens is 428 g/mol. The van der Waals surface area contributed by atoms with Crippen LogP contribution in [0.4, 0.5) is 0 Å². The molecule has 35 heavy (non-hydrogen) atoms. The van der Waals surface area contributed by atoms with E-state index in [1.54, 1.807) is 0 Å². The lowest BCUT2D eigenvalue weighted by atomic mass is 9.94. The number of rotatable bonds is 0. The monoisotopic (exact) mass is 446 g/mol. The van der Waals surface area contributed by atoms with Crippen LogP contribution in [0, 0.1) is 0 Å². The second kappa shape index (κ2) is 6.10. The Bertz CT molecular complexity index is 2070. The largest absolute Gasteiger partial charge is 0.274 e. The van der Waals surface area contributed by atoms with Gasteiger partial charge in [0.2, 0.25) is 0 Å². The van der Waals surface area contributed by atoms with Gasteiger partial charge >= 0.3 is 0 Å². The highest BCUT2D eigenvalue weighted by Crippen LogP contribution is 2.49. The van der Waals surface area contributed by atoms with E-state index < -0.39 is 0 Å². The first-order chi connectivity index (χ1) is 17.4. The number of aromatic nitrogens is 4. The van der Waals surface area contributed by atoms with E-state index in [9.17, 15) is 0 Å². The Morgan fingerprint density at radius 2 is 1.54 bits per heavy atom. The number of fused-ring (bicyclic) bond motifs is 16. The van der Waals surface area contributed by atoms with Gasteiger partial charge in [0.05, 0.1) is 17.2 Å². The Morgan fingerprint density at radius 3 is 2.54 bits per heavy atom. The third kappa shape index (κ3) is 2.11. The highest BCUT2D eigenvalue weighted by Gasteiger charge is 2.30. The smallest absolute Gasteiger partial charge is 0.148 e. The molecular formula is C31H18N4. The van der Waals surface area contributed by atoms with Crippen molar-refractivity contribution in [2.75, 3.05) is 0 Å². The molecule has 2 aliphatic carbocycles. The van der Waals surface area contributed by atoms with Crippen LogP contribution < -0.4 is 0 Å². The van der Waals surface area contributed by atoms with Crippen molar-refractivity contribution in [3.05, 3.63) is 108 Å². The van der Waals surface area contributed by atoms with Crippen LogP contribution in [-0.4, -0.2) is 19.4 Å². The highest BCUT2D eigenvalue weighted by atomic mass is 15.1. The standard InChI is InChI=1S/C31H18N4/c1-2-5-19-17(4-1)14-24-20(19)9-10-22-25(24)15-18-7-8-21-23-6-3-12-33-30(23)35-27-16-32-13-11-26(27)34-31(35)29(21)28(18)22/h1-13,16H,14-15H2. The van der Waals surface area contributed by atoms with Gasteiger partial charge < -0.3 is 0 Å². The molecule has 0 radical (unpaired) electrons. The number of nitrogens with zero attached hydrogens (tertiary/aromatic N) is 4. The summed E-state index contributed by atoms with van der Waals surface area (Å²) in [5.74, 6) is 0. The van der Waals surface area contributed by atoms with Gasteiger partial charge in [-0.1, -0.05) is 48.5 Å². The SMILES string of the molecule is c1ccc2c(c1)Cc1c-2ccc2c1Cc1ccc3c4cccnc4n4c5cnccc5nc4c3c1-2. The molecule has 0 unspecified atom stereocenters. The maximum Gasteiger partial charge on any atom is 0.148 e. The molecule has 0 saturated heterocycles. The Labute approximate surface area is 200 Å². The van der Waals surface area contributed by atoms with Crippen LogP contribution in [-0.2, 0) is 12.8 Å². The Balaban J connectivity index is 1.45. The van der Waals surface area contributed by atoms with Crippen molar-refractivity contribution in [3.8, 4) is 22.3 Å². The summed E-state index contributed by atoms with van der Waals surface area (Å²) in [7, 11) is 0. The second-order valence-corrected chi connectivity index (χ2v) is 9.66. The molecule has 0 fully saturated rings. The lowest BCUT2D eigenvalue weighted by molar-refractivity contribution is 1.16. The lowest BCUT2D eigenvalue weighted by Gasteiger charge is -2.13. The van der Waals surface area contributed by atoms with Gasteiger partial charge in [-0.25, -0.2) is 9.97 Å². The summed E-state index contributed by atoms with van der Waals surface area (Å²) in [6.45, 7) is 0. The molecule has 0 amide bonds. The van der Waals surface area contributed by atoms with E-state index in [0.717, 1.165) is 40.6 Å². The molecule has 0 bridgehead atoms. The number of imidazole rings is 1. The van der Waals surface area contributed by atoms with Gasteiger partial charge in [-0.05, 0) is 80.9 Å². The average Bonchev–Trinajstić information content (AvgIpc) is 3.59. The van der Waals surface area contributed by atoms with E-state index in [1.807, 2.05) is 30.7 Å². The third-order valence-corrected chi connectivity index (χ3v) is 8.00. The number of hydrogen-bond donors (Lipinski definition) is 0. The van der Waals surface area contributed by atoms with Crippen molar-refractivity contribution in [1.82, 2.24) is 19.4 Å². The molecule has 0 saturated carbocycles. The Morgan fingerprint density at radius 1 is 0.657 bits per heavy atom. The van der Waals surface area contributed by atoms with E-state index in [2.05, 4.69) is 64.0 Å². The molecule has 0 atom stereocenters. The Kier molecular flexibility index (Phi) is 3.11. The van der Waals surface area contributed by atoms with Crippen molar-refractivity contribution in [3.63, 3.8) is 0 Å². The summed E-state index contributed by atoms with van der Waals surface area (Å²) in [5.41, 5.74) is 15.1. The predicted octanol–water partition coefficient (Wildman–Crippen LogP) is 6.73. The van der Waals surface area contributed by atoms with Gasteiger partial charge in [0.15, 0.2) is 0 Å². The van der Waals surface area contributed by atoms with Gasteiger partial charge in [0.1, 0.15) is 11.3 Å². The zero-order valence-corrected chi connectivity index (χ0v) is 18.8. The number of hydrogen-bond acceptors (Lipinski definition) is 3. The fourth-order valence-electron chi connectivity index (χ4n) is 6.55. The number of benzene rings is 3. The summed E-state index contributed by atoms with van der Waals surface area (Å²) in [6, 6.07) is 24.3. The molecule has 4 aromatic heterocycles. The molecule has 162 valence electrons. The zero-order chi connectivity index (χ0) is 22.7. The van der Waals surface area contributed by atoms with Crippen molar-refractivity contribution in [2.45, 2.75) is 12.8 Å². The maximum absolute atomic E-state index is 5.13. The van der Waals surface area contributed by atoms with Crippen molar-refractivity contribution in [1.29, 1.82) is 0 Å². The fraction of sp³-hybridized carbons (Fsp3) is 0.0645. The fourth-order valence-corrected chi connectivity index (χ4v) is 6.55. The minimum Gasteiger partial charge on any atom is -0.274 e. The van der Waals surface area contributed by atoms with E-state index >= 15 is 0 Å². The van der Waals surface area contributed by atoms with Crippen LogP contribution in [0.15, 0.2) is 85.3 Å². The molecule has 4 nitrogen and oxygen atoms in total. The molecule has 7 aromatic rings. The quantitative estimate of drug-likeness (QED) is 0.243. The average molecular weight is 447 g/mol. The molecule has 4 heteroatoms. The van der Waals surface area contributed by atoms with Crippen LogP contribution in [0.3, 0.4) is 0 Å². The highest BCUT2D eigenvalue weighted by molar-refractivity contribution is 6.19. The summed E-state index contributed by atoms with van der Waals surface area (Å²) in [5, 5.41) is 3.57. The van der Waals surface area contributed by atoms with Gasteiger partial charge in [-0.15, -0.1) is 0 Å². The molecule has 0 spiro atoms. The minimum atomic E-state index is 0.924. The van der Waals surface area contributed by atoms with Crippen molar-refractivity contribution in [2.24, 2.45) is 0 Å². The predicted molar refractivity (Wildman–Crippen MR) is 140 cm³/mol. The van der Waals surface area contributed by atoms with Crippen molar-refractivity contribution >= 4 is 38.5 Å². The molecule has 0 aliphatic heterocycles. The zero-order valence-electron chi connectivity index (χ0n) is 18.8. The van der Waals surface area contributed by atoms with Gasteiger partial charge in [0.25, 0.3) is 0 Å². The van der Waals surface area contributed by atoms with Crippen LogP contribution in [0.2, 0.25) is 0 Å². The first kappa shape index (κ1) is 17.8. The second-order valence-electron chi connectivity index (χ2n) is 9.66. The molecule has 0 N–H and O–H groups in total. The first-order valence-corrected chi connectivity index (χ1v) is 12.0. The van der Waals surface area contributed by atoms with Crippen LogP contribution >= 0.6 is 0 Å². The van der Waals surface area contributed by atoms with Crippen molar-refractivity contribution < 1.29 is 0 Å². The minimum absolute atomic E-state index is 0.924. The van der Waals surface area contributed by atoms with Crippen LogP contribution in [0.25, 0.3) is 60.7 Å². The molecule has 3 aromatic carbocycles. The van der Waals surface area contributed by atoms with Gasteiger partial charge in [-0.2, -0.15) is 0 Å². The van der Waals surface area contributed by atoms with Crippen LogP contribution in [0.1, 0.15) is 22.3 Å². The summed E-state index contributed by atoms with van der Waals surface area (Å²) >= 11 is 0.